The third kappa shape index (κ3) is 3.00. The van der Waals surface area contributed by atoms with Gasteiger partial charge in [-0.25, -0.2) is 26.4 Å². The zero-order valence-electron chi connectivity index (χ0n) is 9.15. The van der Waals surface area contributed by atoms with Crippen molar-refractivity contribution < 1.29 is 31.5 Å². The molecule has 0 atom stereocenters. The Morgan fingerprint density at radius 3 is 2.39 bits per heavy atom. The molecule has 1 N–H and O–H groups in total. The van der Waals surface area contributed by atoms with E-state index in [1.54, 1.807) is 0 Å². The summed E-state index contributed by atoms with van der Waals surface area (Å²) in [5.41, 5.74) is -1.09. The maximum Gasteiger partial charge on any atom is 0.338 e. The lowest BCUT2D eigenvalue weighted by Gasteiger charge is -2.08. The van der Waals surface area contributed by atoms with Gasteiger partial charge in [-0.15, -0.1) is 0 Å². The monoisotopic (exact) mass is 282 g/mol. The van der Waals surface area contributed by atoms with Crippen LogP contribution in [0, 0.1) is 12.7 Å². The fourth-order valence-electron chi connectivity index (χ4n) is 1.33. The van der Waals surface area contributed by atoms with Gasteiger partial charge in [-0.2, -0.15) is 0 Å². The van der Waals surface area contributed by atoms with E-state index in [4.69, 9.17) is 5.11 Å². The number of halogens is 3. The zero-order chi connectivity index (χ0) is 14.1. The van der Waals surface area contributed by atoms with Gasteiger partial charge in [0.15, 0.2) is 9.84 Å². The average molecular weight is 282 g/mol. The van der Waals surface area contributed by atoms with Crippen LogP contribution in [0.2, 0.25) is 0 Å². The molecule has 4 nitrogen and oxygen atoms in total. The average Bonchev–Trinajstić information content (AvgIpc) is 2.19. The Bertz CT molecular complexity index is 581. The van der Waals surface area contributed by atoms with Crippen LogP contribution in [0.25, 0.3) is 0 Å². The Balaban J connectivity index is 3.40. The van der Waals surface area contributed by atoms with Gasteiger partial charge in [0.2, 0.25) is 0 Å². The largest absolute Gasteiger partial charge is 0.478 e. The Morgan fingerprint density at radius 2 is 1.94 bits per heavy atom. The highest BCUT2D eigenvalue weighted by atomic mass is 32.2. The van der Waals surface area contributed by atoms with Crippen LogP contribution in [0.4, 0.5) is 13.2 Å². The molecule has 0 saturated heterocycles. The van der Waals surface area contributed by atoms with Crippen LogP contribution in [-0.2, 0) is 9.84 Å². The number of aryl methyl sites for hydroxylation is 1. The van der Waals surface area contributed by atoms with Crippen molar-refractivity contribution >= 4 is 15.8 Å². The SMILES string of the molecule is Cc1cc(S(=O)(=O)CC(F)F)cc(C(=O)O)c1F. The minimum absolute atomic E-state index is 0.234. The van der Waals surface area contributed by atoms with Gasteiger partial charge in [-0.05, 0) is 24.6 Å². The summed E-state index contributed by atoms with van der Waals surface area (Å²) in [6, 6.07) is 1.38. The Kier molecular flexibility index (Phi) is 4.00. The summed E-state index contributed by atoms with van der Waals surface area (Å²) in [5, 5.41) is 8.68. The summed E-state index contributed by atoms with van der Waals surface area (Å²) < 4.78 is 60.5. The summed E-state index contributed by atoms with van der Waals surface area (Å²) in [7, 11) is -4.33. The third-order valence-electron chi connectivity index (χ3n) is 2.16. The number of hydrogen-bond donors (Lipinski definition) is 1. The van der Waals surface area contributed by atoms with Crippen molar-refractivity contribution in [1.82, 2.24) is 0 Å². The van der Waals surface area contributed by atoms with Crippen LogP contribution in [-0.4, -0.2) is 31.7 Å². The van der Waals surface area contributed by atoms with Crippen molar-refractivity contribution in [1.29, 1.82) is 0 Å². The van der Waals surface area contributed by atoms with Crippen molar-refractivity contribution in [2.24, 2.45) is 0 Å². The molecular formula is C10H9F3O4S. The molecule has 0 unspecified atom stereocenters. The second kappa shape index (κ2) is 4.97. The maximum atomic E-state index is 13.4. The van der Waals surface area contributed by atoms with E-state index in [2.05, 4.69) is 0 Å². The molecule has 0 aliphatic rings. The minimum Gasteiger partial charge on any atom is -0.478 e. The van der Waals surface area contributed by atoms with Gasteiger partial charge in [0, 0.05) is 0 Å². The molecule has 0 aliphatic carbocycles. The van der Waals surface area contributed by atoms with Crippen LogP contribution >= 0.6 is 0 Å². The molecule has 0 saturated carbocycles. The quantitative estimate of drug-likeness (QED) is 0.856. The number of carboxylic acids is 1. The number of rotatable bonds is 4. The van der Waals surface area contributed by atoms with Crippen LogP contribution < -0.4 is 0 Å². The molecule has 0 amide bonds. The van der Waals surface area contributed by atoms with Crippen molar-refractivity contribution in [3.8, 4) is 0 Å². The highest BCUT2D eigenvalue weighted by Crippen LogP contribution is 2.21. The smallest absolute Gasteiger partial charge is 0.338 e. The third-order valence-corrected chi connectivity index (χ3v) is 3.81. The van der Waals surface area contributed by atoms with E-state index >= 15 is 0 Å². The van der Waals surface area contributed by atoms with E-state index in [0.29, 0.717) is 6.07 Å². The predicted octanol–water partition coefficient (Wildman–Crippen LogP) is 1.87. The molecule has 1 aromatic rings. The summed E-state index contributed by atoms with van der Waals surface area (Å²) in [5.74, 6) is -4.18. The first kappa shape index (κ1) is 14.5. The molecule has 0 spiro atoms. The van der Waals surface area contributed by atoms with Crippen LogP contribution in [0.5, 0.6) is 0 Å². The predicted molar refractivity (Wildman–Crippen MR) is 56.2 cm³/mol. The highest BCUT2D eigenvalue weighted by Gasteiger charge is 2.24. The fraction of sp³-hybridized carbons (Fsp3) is 0.300. The molecule has 0 radical (unpaired) electrons. The number of aromatic carboxylic acids is 1. The van der Waals surface area contributed by atoms with E-state index in [1.807, 2.05) is 0 Å². The fourth-order valence-corrected chi connectivity index (χ4v) is 2.51. The van der Waals surface area contributed by atoms with Crippen molar-refractivity contribution in [2.45, 2.75) is 18.2 Å². The Labute approximate surface area is 101 Å². The van der Waals surface area contributed by atoms with Crippen LogP contribution in [0.1, 0.15) is 15.9 Å². The van der Waals surface area contributed by atoms with E-state index in [9.17, 15) is 26.4 Å². The normalized spacial score (nSPS) is 11.8. The molecular weight excluding hydrogens is 273 g/mol. The Hall–Kier alpha value is -1.57. The number of hydrogen-bond acceptors (Lipinski definition) is 3. The second-order valence-corrected chi connectivity index (χ2v) is 5.61. The number of alkyl halides is 2. The van der Waals surface area contributed by atoms with E-state index in [1.165, 1.54) is 0 Å². The summed E-state index contributed by atoms with van der Waals surface area (Å²) in [4.78, 5) is 10.1. The molecule has 1 aromatic carbocycles. The van der Waals surface area contributed by atoms with Gasteiger partial charge < -0.3 is 5.11 Å². The van der Waals surface area contributed by atoms with E-state index in [-0.39, 0.29) is 5.56 Å². The van der Waals surface area contributed by atoms with Crippen LogP contribution in [0.3, 0.4) is 0 Å². The molecule has 0 bridgehead atoms. The van der Waals surface area contributed by atoms with Gasteiger partial charge in [-0.1, -0.05) is 0 Å². The molecule has 0 aromatic heterocycles. The minimum atomic E-state index is -4.33. The number of carboxylic acid groups (broad SMARTS) is 1. The molecule has 18 heavy (non-hydrogen) atoms. The van der Waals surface area contributed by atoms with E-state index < -0.39 is 44.3 Å². The molecule has 0 aliphatic heterocycles. The molecule has 1 rings (SSSR count). The lowest BCUT2D eigenvalue weighted by Crippen LogP contribution is -2.15. The zero-order valence-corrected chi connectivity index (χ0v) is 9.97. The highest BCUT2D eigenvalue weighted by molar-refractivity contribution is 7.91. The molecule has 0 fully saturated rings. The van der Waals surface area contributed by atoms with Crippen molar-refractivity contribution in [2.75, 3.05) is 5.75 Å². The first-order valence-corrected chi connectivity index (χ1v) is 6.34. The lowest BCUT2D eigenvalue weighted by molar-refractivity contribution is 0.0691. The van der Waals surface area contributed by atoms with Crippen LogP contribution in [0.15, 0.2) is 17.0 Å². The topological polar surface area (TPSA) is 71.4 Å². The summed E-state index contributed by atoms with van der Waals surface area (Å²) >= 11 is 0. The number of sulfone groups is 1. The number of carbonyl (C=O) groups is 1. The van der Waals surface area contributed by atoms with E-state index in [0.717, 1.165) is 13.0 Å². The van der Waals surface area contributed by atoms with Gasteiger partial charge in [0.1, 0.15) is 11.6 Å². The van der Waals surface area contributed by atoms with Gasteiger partial charge in [-0.3, -0.25) is 0 Å². The van der Waals surface area contributed by atoms with Crippen molar-refractivity contribution in [3.63, 3.8) is 0 Å². The molecule has 8 heteroatoms. The molecule has 0 heterocycles. The van der Waals surface area contributed by atoms with Gasteiger partial charge in [0.25, 0.3) is 6.43 Å². The number of benzene rings is 1. The van der Waals surface area contributed by atoms with Gasteiger partial charge in [0.05, 0.1) is 10.5 Å². The standard InChI is InChI=1S/C10H9F3O4S/c1-5-2-6(18(16,17)4-8(11)12)3-7(9(5)13)10(14)15/h2-3,8H,4H2,1H3,(H,14,15). The summed E-state index contributed by atoms with van der Waals surface area (Å²) in [6.45, 7) is 1.16. The first-order valence-electron chi connectivity index (χ1n) is 4.69. The first-order chi connectivity index (χ1) is 8.15. The summed E-state index contributed by atoms with van der Waals surface area (Å²) in [6.07, 6.45) is -3.09. The van der Waals surface area contributed by atoms with Crippen molar-refractivity contribution in [3.05, 3.63) is 29.1 Å². The second-order valence-electron chi connectivity index (χ2n) is 3.58. The Morgan fingerprint density at radius 1 is 1.39 bits per heavy atom. The maximum absolute atomic E-state index is 13.4. The lowest BCUT2D eigenvalue weighted by atomic mass is 10.1. The molecule has 100 valence electrons. The van der Waals surface area contributed by atoms with Gasteiger partial charge >= 0.3 is 5.97 Å².